The van der Waals surface area contributed by atoms with E-state index in [9.17, 15) is 4.79 Å². The van der Waals surface area contributed by atoms with Crippen LogP contribution in [0.15, 0.2) is 30.3 Å². The number of halogens is 1. The van der Waals surface area contributed by atoms with Gasteiger partial charge in [0.1, 0.15) is 10.8 Å². The second kappa shape index (κ2) is 7.41. The van der Waals surface area contributed by atoms with E-state index in [1.54, 1.807) is 6.07 Å². The van der Waals surface area contributed by atoms with Crippen LogP contribution < -0.4 is 5.32 Å². The van der Waals surface area contributed by atoms with Crippen LogP contribution in [-0.4, -0.2) is 17.4 Å². The van der Waals surface area contributed by atoms with Crippen molar-refractivity contribution in [3.8, 4) is 0 Å². The predicted molar refractivity (Wildman–Crippen MR) is 87.8 cm³/mol. The average Bonchev–Trinajstić information content (AvgIpc) is 2.46. The zero-order valence-electron chi connectivity index (χ0n) is 12.5. The summed E-state index contributed by atoms with van der Waals surface area (Å²) in [4.78, 5) is 16.3. The van der Waals surface area contributed by atoms with Gasteiger partial charge in [0.15, 0.2) is 0 Å². The van der Waals surface area contributed by atoms with Gasteiger partial charge in [-0.15, -0.1) is 0 Å². The number of pyridine rings is 1. The van der Waals surface area contributed by atoms with Crippen LogP contribution in [0.3, 0.4) is 0 Å². The van der Waals surface area contributed by atoms with E-state index in [2.05, 4.69) is 24.1 Å². The highest BCUT2D eigenvalue weighted by atomic mass is 35.5. The molecule has 0 saturated heterocycles. The maximum Gasteiger partial charge on any atom is 0.269 e. The van der Waals surface area contributed by atoms with Crippen molar-refractivity contribution in [1.82, 2.24) is 10.3 Å². The topological polar surface area (TPSA) is 42.0 Å². The predicted octanol–water partition coefficient (Wildman–Crippen LogP) is 4.44. The minimum Gasteiger partial charge on any atom is -0.351 e. The van der Waals surface area contributed by atoms with Gasteiger partial charge in [-0.25, -0.2) is 4.98 Å². The number of fused-ring (bicyclic) bond motifs is 1. The van der Waals surface area contributed by atoms with Gasteiger partial charge < -0.3 is 5.32 Å². The minimum atomic E-state index is -0.160. The lowest BCUT2D eigenvalue weighted by atomic mass is 10.1. The molecule has 1 amide bonds. The van der Waals surface area contributed by atoms with Crippen LogP contribution in [0.5, 0.6) is 0 Å². The summed E-state index contributed by atoms with van der Waals surface area (Å²) in [6.07, 6.45) is 3.31. The quantitative estimate of drug-likeness (QED) is 0.633. The van der Waals surface area contributed by atoms with Crippen LogP contribution in [0.2, 0.25) is 5.15 Å². The van der Waals surface area contributed by atoms with Crippen molar-refractivity contribution in [3.05, 3.63) is 41.2 Å². The molecule has 2 aromatic rings. The molecule has 1 N–H and O–H groups in total. The zero-order valence-corrected chi connectivity index (χ0v) is 13.3. The number of nitrogens with one attached hydrogen (secondary N) is 1. The van der Waals surface area contributed by atoms with Gasteiger partial charge in [0.05, 0.1) is 0 Å². The summed E-state index contributed by atoms with van der Waals surface area (Å²) in [5.74, 6) is 0.550. The number of nitrogens with zero attached hydrogens (tertiary/aromatic N) is 1. The third-order valence-electron chi connectivity index (χ3n) is 3.42. The molecule has 0 radical (unpaired) electrons. The van der Waals surface area contributed by atoms with Crippen LogP contribution in [-0.2, 0) is 0 Å². The molecular weight excluding hydrogens is 284 g/mol. The molecule has 0 aliphatic carbocycles. The number of hydrogen-bond acceptors (Lipinski definition) is 2. The van der Waals surface area contributed by atoms with Gasteiger partial charge in [-0.3, -0.25) is 4.79 Å². The average molecular weight is 305 g/mol. The molecule has 0 aliphatic rings. The molecule has 1 aromatic heterocycles. The van der Waals surface area contributed by atoms with Crippen molar-refractivity contribution in [1.29, 1.82) is 0 Å². The summed E-state index contributed by atoms with van der Waals surface area (Å²) in [6.45, 7) is 5.09. The van der Waals surface area contributed by atoms with E-state index >= 15 is 0 Å². The van der Waals surface area contributed by atoms with Crippen molar-refractivity contribution in [2.45, 2.75) is 33.1 Å². The van der Waals surface area contributed by atoms with E-state index in [-0.39, 0.29) is 5.91 Å². The first-order chi connectivity index (χ1) is 10.1. The molecule has 0 unspecified atom stereocenters. The molecule has 112 valence electrons. The molecule has 0 aliphatic heterocycles. The van der Waals surface area contributed by atoms with E-state index < -0.39 is 0 Å². The highest BCUT2D eigenvalue weighted by molar-refractivity contribution is 6.34. The molecule has 1 aromatic carbocycles. The van der Waals surface area contributed by atoms with Crippen molar-refractivity contribution in [3.63, 3.8) is 0 Å². The normalized spacial score (nSPS) is 11.0. The molecule has 0 atom stereocenters. The number of hydrogen-bond donors (Lipinski definition) is 1. The highest BCUT2D eigenvalue weighted by Crippen LogP contribution is 2.22. The number of amides is 1. The number of carbonyl (C=O) groups is 1. The monoisotopic (exact) mass is 304 g/mol. The van der Waals surface area contributed by atoms with E-state index in [4.69, 9.17) is 11.6 Å². The standard InChI is InChI=1S/C17H21ClN2O/c1-12(2)7-5-6-10-19-17(21)15-11-13-8-3-4-9-14(13)16(18)20-15/h3-4,8-9,11-12H,5-7,10H2,1-2H3,(H,19,21). The molecule has 2 rings (SSSR count). The first-order valence-electron chi connectivity index (χ1n) is 7.41. The number of unbranched alkanes of at least 4 members (excludes halogenated alkanes) is 1. The maximum absolute atomic E-state index is 12.1. The van der Waals surface area contributed by atoms with E-state index in [0.29, 0.717) is 23.3 Å². The van der Waals surface area contributed by atoms with Crippen molar-refractivity contribution in [2.24, 2.45) is 5.92 Å². The summed E-state index contributed by atoms with van der Waals surface area (Å²) in [5, 5.41) is 5.08. The van der Waals surface area contributed by atoms with Crippen molar-refractivity contribution in [2.75, 3.05) is 6.54 Å². The van der Waals surface area contributed by atoms with Crippen LogP contribution in [0.25, 0.3) is 10.8 Å². The fourth-order valence-corrected chi connectivity index (χ4v) is 2.51. The summed E-state index contributed by atoms with van der Waals surface area (Å²) in [5.41, 5.74) is 0.377. The molecule has 0 bridgehead atoms. The largest absolute Gasteiger partial charge is 0.351 e. The van der Waals surface area contributed by atoms with E-state index in [0.717, 1.165) is 23.6 Å². The second-order valence-electron chi connectivity index (χ2n) is 5.66. The first-order valence-corrected chi connectivity index (χ1v) is 7.79. The van der Waals surface area contributed by atoms with Gasteiger partial charge in [-0.05, 0) is 23.8 Å². The molecule has 21 heavy (non-hydrogen) atoms. The lowest BCUT2D eigenvalue weighted by molar-refractivity contribution is 0.0948. The fourth-order valence-electron chi connectivity index (χ4n) is 2.24. The van der Waals surface area contributed by atoms with Crippen LogP contribution in [0.1, 0.15) is 43.6 Å². The summed E-state index contributed by atoms with van der Waals surface area (Å²) in [7, 11) is 0. The zero-order chi connectivity index (χ0) is 15.2. The van der Waals surface area contributed by atoms with Crippen molar-refractivity contribution < 1.29 is 4.79 Å². The third-order valence-corrected chi connectivity index (χ3v) is 3.71. The van der Waals surface area contributed by atoms with Crippen molar-refractivity contribution >= 4 is 28.3 Å². The maximum atomic E-state index is 12.1. The Kier molecular flexibility index (Phi) is 5.57. The number of benzene rings is 1. The number of rotatable bonds is 6. The van der Waals surface area contributed by atoms with Gasteiger partial charge in [0.2, 0.25) is 0 Å². The Morgan fingerprint density at radius 1 is 1.29 bits per heavy atom. The van der Waals surface area contributed by atoms with Gasteiger partial charge >= 0.3 is 0 Å². The molecule has 4 heteroatoms. The number of carbonyl (C=O) groups excluding carboxylic acids is 1. The van der Waals surface area contributed by atoms with Crippen LogP contribution in [0, 0.1) is 5.92 Å². The van der Waals surface area contributed by atoms with Gasteiger partial charge in [0.25, 0.3) is 5.91 Å². The lowest BCUT2D eigenvalue weighted by Gasteiger charge is -2.07. The van der Waals surface area contributed by atoms with E-state index in [1.165, 1.54) is 6.42 Å². The second-order valence-corrected chi connectivity index (χ2v) is 6.02. The Hall–Kier alpha value is -1.61. The van der Waals surface area contributed by atoms with Gasteiger partial charge in [-0.2, -0.15) is 0 Å². The Morgan fingerprint density at radius 2 is 2.05 bits per heavy atom. The molecule has 0 fully saturated rings. The SMILES string of the molecule is CC(C)CCCCNC(=O)c1cc2ccccc2c(Cl)n1. The fraction of sp³-hybridized carbons (Fsp3) is 0.412. The Balaban J connectivity index is 1.96. The molecule has 0 spiro atoms. The smallest absolute Gasteiger partial charge is 0.269 e. The first kappa shape index (κ1) is 15.8. The van der Waals surface area contributed by atoms with Gasteiger partial charge in [-0.1, -0.05) is 62.6 Å². The Morgan fingerprint density at radius 3 is 2.81 bits per heavy atom. The highest BCUT2D eigenvalue weighted by Gasteiger charge is 2.10. The molecule has 0 saturated carbocycles. The third kappa shape index (κ3) is 4.43. The van der Waals surface area contributed by atoms with Gasteiger partial charge in [0, 0.05) is 11.9 Å². The van der Waals surface area contributed by atoms with E-state index in [1.807, 2.05) is 24.3 Å². The summed E-state index contributed by atoms with van der Waals surface area (Å²) in [6, 6.07) is 9.45. The Bertz CT molecular complexity index is 625. The summed E-state index contributed by atoms with van der Waals surface area (Å²) < 4.78 is 0. The molecule has 1 heterocycles. The minimum absolute atomic E-state index is 0.160. The number of aromatic nitrogens is 1. The Labute approximate surface area is 130 Å². The van der Waals surface area contributed by atoms with Crippen LogP contribution in [0.4, 0.5) is 0 Å². The summed E-state index contributed by atoms with van der Waals surface area (Å²) >= 11 is 6.13. The lowest BCUT2D eigenvalue weighted by Crippen LogP contribution is -2.25. The van der Waals surface area contributed by atoms with Crippen LogP contribution >= 0.6 is 11.6 Å². The molecular formula is C17H21ClN2O. The molecule has 3 nitrogen and oxygen atoms in total.